The highest BCUT2D eigenvalue weighted by Crippen LogP contribution is 2.59. The van der Waals surface area contributed by atoms with Crippen LogP contribution in [0.5, 0.6) is 5.75 Å². The Bertz CT molecular complexity index is 1170. The molecular weight excluding hydrogens is 428 g/mol. The van der Waals surface area contributed by atoms with Gasteiger partial charge >= 0.3 is 5.63 Å². The Kier molecular flexibility index (Phi) is 4.43. The van der Waals surface area contributed by atoms with E-state index in [2.05, 4.69) is 35.9 Å². The van der Waals surface area contributed by atoms with Gasteiger partial charge in [-0.15, -0.1) is 0 Å². The van der Waals surface area contributed by atoms with Gasteiger partial charge in [0.15, 0.2) is 0 Å². The number of hydrogen-bond acceptors (Lipinski definition) is 3. The van der Waals surface area contributed by atoms with Gasteiger partial charge in [0.1, 0.15) is 17.9 Å². The van der Waals surface area contributed by atoms with Gasteiger partial charge in [0.2, 0.25) is 0 Å². The first kappa shape index (κ1) is 18.7. The lowest BCUT2D eigenvalue weighted by Crippen LogP contribution is -2.48. The Morgan fingerprint density at radius 2 is 1.93 bits per heavy atom. The van der Waals surface area contributed by atoms with Gasteiger partial charge in [0, 0.05) is 22.0 Å². The summed E-state index contributed by atoms with van der Waals surface area (Å²) in [6.07, 6.45) is 4.80. The molecule has 2 atom stereocenters. The van der Waals surface area contributed by atoms with Crippen molar-refractivity contribution < 1.29 is 9.15 Å². The fourth-order valence-electron chi connectivity index (χ4n) is 4.91. The van der Waals surface area contributed by atoms with Crippen molar-refractivity contribution in [2.24, 2.45) is 17.3 Å². The third-order valence-electron chi connectivity index (χ3n) is 6.86. The second-order valence-corrected chi connectivity index (χ2v) is 9.67. The lowest BCUT2D eigenvalue weighted by molar-refractivity contribution is -0.0115. The topological polar surface area (TPSA) is 39.4 Å². The molecule has 148 valence electrons. The van der Waals surface area contributed by atoms with Gasteiger partial charge in [-0.1, -0.05) is 48.0 Å². The molecule has 2 bridgehead atoms. The average Bonchev–Trinajstić information content (AvgIpc) is 2.72. The van der Waals surface area contributed by atoms with E-state index in [1.807, 2.05) is 42.5 Å². The predicted octanol–water partition coefficient (Wildman–Crippen LogP) is 6.59. The lowest BCUT2D eigenvalue weighted by Gasteiger charge is -2.56. The highest BCUT2D eigenvalue weighted by Gasteiger charge is 2.51. The van der Waals surface area contributed by atoms with E-state index in [-0.39, 0.29) is 5.63 Å². The van der Waals surface area contributed by atoms with Gasteiger partial charge < -0.3 is 9.15 Å². The van der Waals surface area contributed by atoms with E-state index in [1.165, 1.54) is 12.0 Å². The minimum atomic E-state index is -0.357. The summed E-state index contributed by atoms with van der Waals surface area (Å²) in [4.78, 5) is 12.2. The predicted molar refractivity (Wildman–Crippen MR) is 119 cm³/mol. The first-order valence-corrected chi connectivity index (χ1v) is 10.9. The van der Waals surface area contributed by atoms with E-state index in [0.29, 0.717) is 23.5 Å². The quantitative estimate of drug-likeness (QED) is 0.332. The van der Waals surface area contributed by atoms with Crippen LogP contribution in [0, 0.1) is 17.3 Å². The van der Waals surface area contributed by atoms with E-state index >= 15 is 0 Å². The van der Waals surface area contributed by atoms with Gasteiger partial charge in [-0.05, 0) is 71.1 Å². The molecule has 4 heteroatoms. The SMILES string of the molecule is CC1(C)[C@H]2CC=C(COc3ccc4c(-c5ccc(Br)cc5)cc(=O)oc4c3)[C@@H]1C2. The number of fused-ring (bicyclic) bond motifs is 2. The second kappa shape index (κ2) is 6.88. The standard InChI is InChI=1S/C25H23BrO3/c1-25(2)17-6-3-16(22(25)11-17)14-28-19-9-10-20-21(13-24(27)29-23(20)12-19)15-4-7-18(26)8-5-15/h3-5,7-10,12-13,17,22H,6,11,14H2,1-2H3/t17-,22-/m0/s1. The van der Waals surface area contributed by atoms with Crippen molar-refractivity contribution in [3.63, 3.8) is 0 Å². The van der Waals surface area contributed by atoms with E-state index in [1.54, 1.807) is 6.07 Å². The lowest BCUT2D eigenvalue weighted by atomic mass is 9.49. The van der Waals surface area contributed by atoms with Crippen molar-refractivity contribution in [2.45, 2.75) is 26.7 Å². The van der Waals surface area contributed by atoms with Crippen LogP contribution in [0.1, 0.15) is 26.7 Å². The number of ether oxygens (including phenoxy) is 1. The monoisotopic (exact) mass is 450 g/mol. The molecule has 2 aromatic carbocycles. The summed E-state index contributed by atoms with van der Waals surface area (Å²) in [5.74, 6) is 2.18. The Morgan fingerprint density at radius 1 is 1.14 bits per heavy atom. The molecule has 0 unspecified atom stereocenters. The van der Waals surface area contributed by atoms with Crippen LogP contribution >= 0.6 is 15.9 Å². The largest absolute Gasteiger partial charge is 0.489 e. The van der Waals surface area contributed by atoms with Gasteiger partial charge in [-0.25, -0.2) is 4.79 Å². The van der Waals surface area contributed by atoms with E-state index < -0.39 is 0 Å². The summed E-state index contributed by atoms with van der Waals surface area (Å²) >= 11 is 3.45. The van der Waals surface area contributed by atoms with E-state index in [9.17, 15) is 4.79 Å². The molecule has 3 aliphatic rings. The minimum absolute atomic E-state index is 0.357. The smallest absolute Gasteiger partial charge is 0.336 e. The van der Waals surface area contributed by atoms with Gasteiger partial charge in [-0.2, -0.15) is 0 Å². The van der Waals surface area contributed by atoms with Crippen LogP contribution in [0.25, 0.3) is 22.1 Å². The third-order valence-corrected chi connectivity index (χ3v) is 7.39. The van der Waals surface area contributed by atoms with Gasteiger partial charge in [0.05, 0.1) is 0 Å². The molecular formula is C25H23BrO3. The normalized spacial score (nSPS) is 22.1. The van der Waals surface area contributed by atoms with Gasteiger partial charge in [-0.3, -0.25) is 0 Å². The molecule has 0 saturated heterocycles. The summed E-state index contributed by atoms with van der Waals surface area (Å²) in [5.41, 5.74) is 3.84. The van der Waals surface area contributed by atoms with E-state index in [0.717, 1.165) is 39.1 Å². The molecule has 0 radical (unpaired) electrons. The molecule has 3 aromatic rings. The Labute approximate surface area is 178 Å². The van der Waals surface area contributed by atoms with Crippen LogP contribution in [-0.4, -0.2) is 6.61 Å². The summed E-state index contributed by atoms with van der Waals surface area (Å²) < 4.78 is 12.6. The van der Waals surface area contributed by atoms with Crippen molar-refractivity contribution in [1.82, 2.24) is 0 Å². The molecule has 1 aromatic heterocycles. The molecule has 0 N–H and O–H groups in total. The second-order valence-electron chi connectivity index (χ2n) is 8.75. The summed E-state index contributed by atoms with van der Waals surface area (Å²) in [7, 11) is 0. The summed E-state index contributed by atoms with van der Waals surface area (Å²) in [5, 5.41) is 0.902. The first-order valence-electron chi connectivity index (χ1n) is 10.1. The fraction of sp³-hybridized carbons (Fsp3) is 0.320. The highest BCUT2D eigenvalue weighted by atomic mass is 79.9. The fourth-order valence-corrected chi connectivity index (χ4v) is 5.17. The molecule has 0 amide bonds. The van der Waals surface area contributed by atoms with Crippen molar-refractivity contribution in [1.29, 1.82) is 0 Å². The molecule has 1 fully saturated rings. The Balaban J connectivity index is 1.43. The summed E-state index contributed by atoms with van der Waals surface area (Å²) in [6.45, 7) is 5.34. The molecule has 3 nitrogen and oxygen atoms in total. The molecule has 3 aliphatic carbocycles. The molecule has 1 heterocycles. The number of allylic oxidation sites excluding steroid dienone is 1. The van der Waals surface area contributed by atoms with Crippen LogP contribution in [0.3, 0.4) is 0 Å². The van der Waals surface area contributed by atoms with Crippen molar-refractivity contribution in [3.05, 3.63) is 75.1 Å². The van der Waals surface area contributed by atoms with Crippen LogP contribution in [-0.2, 0) is 0 Å². The molecule has 29 heavy (non-hydrogen) atoms. The maximum atomic E-state index is 12.2. The zero-order chi connectivity index (χ0) is 20.2. The summed E-state index contributed by atoms with van der Waals surface area (Å²) in [6, 6.07) is 15.2. The van der Waals surface area contributed by atoms with Crippen molar-refractivity contribution in [3.8, 4) is 16.9 Å². The average molecular weight is 451 g/mol. The number of benzene rings is 2. The van der Waals surface area contributed by atoms with Crippen LogP contribution in [0.15, 0.2) is 73.9 Å². The minimum Gasteiger partial charge on any atom is -0.489 e. The maximum absolute atomic E-state index is 12.2. The van der Waals surface area contributed by atoms with E-state index in [4.69, 9.17) is 9.15 Å². The highest BCUT2D eigenvalue weighted by molar-refractivity contribution is 9.10. The van der Waals surface area contributed by atoms with Crippen molar-refractivity contribution in [2.75, 3.05) is 6.61 Å². The molecule has 0 aliphatic heterocycles. The van der Waals surface area contributed by atoms with Crippen LogP contribution < -0.4 is 10.4 Å². The van der Waals surface area contributed by atoms with Crippen LogP contribution in [0.2, 0.25) is 0 Å². The first-order chi connectivity index (χ1) is 13.9. The molecule has 6 rings (SSSR count). The number of rotatable bonds is 4. The molecule has 0 spiro atoms. The number of halogens is 1. The maximum Gasteiger partial charge on any atom is 0.336 e. The number of hydrogen-bond donors (Lipinski definition) is 0. The zero-order valence-electron chi connectivity index (χ0n) is 16.6. The Hall–Kier alpha value is -2.33. The third kappa shape index (κ3) is 3.24. The van der Waals surface area contributed by atoms with Gasteiger partial charge in [0.25, 0.3) is 0 Å². The Morgan fingerprint density at radius 3 is 2.66 bits per heavy atom. The zero-order valence-corrected chi connectivity index (χ0v) is 18.2. The molecule has 1 saturated carbocycles. The van der Waals surface area contributed by atoms with Crippen molar-refractivity contribution >= 4 is 26.9 Å². The van der Waals surface area contributed by atoms with Crippen LogP contribution in [0.4, 0.5) is 0 Å².